The van der Waals surface area contributed by atoms with Gasteiger partial charge in [0.05, 0.1) is 23.6 Å². The molecule has 0 radical (unpaired) electrons. The number of carbonyl (C=O) groups is 1. The van der Waals surface area contributed by atoms with Gasteiger partial charge in [0, 0.05) is 11.1 Å². The van der Waals surface area contributed by atoms with Crippen molar-refractivity contribution in [2.75, 3.05) is 23.7 Å². The molecule has 1 aromatic carbocycles. The van der Waals surface area contributed by atoms with E-state index in [9.17, 15) is 4.79 Å². The molecule has 2 aliphatic rings. The molecule has 0 spiro atoms. The van der Waals surface area contributed by atoms with Gasteiger partial charge in [0.15, 0.2) is 5.69 Å². The van der Waals surface area contributed by atoms with Crippen LogP contribution in [0.15, 0.2) is 24.4 Å². The van der Waals surface area contributed by atoms with Crippen LogP contribution in [0.2, 0.25) is 5.02 Å². The average molecular weight is 434 g/mol. The summed E-state index contributed by atoms with van der Waals surface area (Å²) >= 11 is 6.09. The van der Waals surface area contributed by atoms with Crippen molar-refractivity contribution < 1.29 is 4.79 Å². The fraction of sp³-hybridized carbons (Fsp3) is 0.471. The molecule has 1 saturated carbocycles. The second kappa shape index (κ2) is 9.59. The Morgan fingerprint density at radius 1 is 1.15 bits per heavy atom. The fourth-order valence-corrected chi connectivity index (χ4v) is 3.18. The van der Waals surface area contributed by atoms with Gasteiger partial charge in [0.2, 0.25) is 0 Å². The van der Waals surface area contributed by atoms with Crippen LogP contribution >= 0.6 is 36.4 Å². The van der Waals surface area contributed by atoms with Crippen LogP contribution in [0.3, 0.4) is 0 Å². The lowest BCUT2D eigenvalue weighted by Crippen LogP contribution is -2.29. The van der Waals surface area contributed by atoms with Gasteiger partial charge in [-0.3, -0.25) is 4.79 Å². The first kappa shape index (κ1) is 21.8. The first-order valence-corrected chi connectivity index (χ1v) is 9.07. The predicted molar refractivity (Wildman–Crippen MR) is 112 cm³/mol. The Hall–Kier alpha value is -1.54. The Balaban J connectivity index is 0.00000131. The predicted octanol–water partition coefficient (Wildman–Crippen LogP) is 3.53. The Labute approximate surface area is 175 Å². The van der Waals surface area contributed by atoms with Crippen LogP contribution < -0.4 is 16.0 Å². The van der Waals surface area contributed by atoms with Crippen molar-refractivity contribution in [3.8, 4) is 0 Å². The van der Waals surface area contributed by atoms with E-state index in [2.05, 4.69) is 26.3 Å². The maximum absolute atomic E-state index is 12.6. The first-order valence-electron chi connectivity index (χ1n) is 8.69. The molecule has 0 atom stereocenters. The summed E-state index contributed by atoms with van der Waals surface area (Å²) in [6, 6.07) is 6.24. The van der Waals surface area contributed by atoms with Crippen LogP contribution in [0.5, 0.6) is 0 Å². The number of aromatic nitrogens is 3. The van der Waals surface area contributed by atoms with Gasteiger partial charge in [-0.15, -0.1) is 29.9 Å². The largest absolute Gasteiger partial charge is 0.381 e. The zero-order chi connectivity index (χ0) is 17.2. The zero-order valence-electron chi connectivity index (χ0n) is 14.7. The van der Waals surface area contributed by atoms with Crippen molar-refractivity contribution in [3.05, 3.63) is 35.1 Å². The van der Waals surface area contributed by atoms with Crippen molar-refractivity contribution in [3.63, 3.8) is 0 Å². The van der Waals surface area contributed by atoms with E-state index in [-0.39, 0.29) is 30.7 Å². The molecule has 1 aliphatic carbocycles. The quantitative estimate of drug-likeness (QED) is 0.672. The summed E-state index contributed by atoms with van der Waals surface area (Å²) in [4.78, 5) is 12.6. The van der Waals surface area contributed by atoms with E-state index in [4.69, 9.17) is 11.6 Å². The molecule has 1 saturated heterocycles. The van der Waals surface area contributed by atoms with E-state index in [0.29, 0.717) is 28.5 Å². The molecule has 2 fully saturated rings. The number of halogens is 3. The summed E-state index contributed by atoms with van der Waals surface area (Å²) in [5, 5.41) is 18.4. The lowest BCUT2D eigenvalue weighted by molar-refractivity contribution is 0.102. The summed E-state index contributed by atoms with van der Waals surface area (Å²) in [7, 11) is 0. The van der Waals surface area contributed by atoms with Crippen molar-refractivity contribution >= 4 is 53.7 Å². The van der Waals surface area contributed by atoms with Crippen molar-refractivity contribution in [2.24, 2.45) is 0 Å². The third-order valence-corrected chi connectivity index (χ3v) is 4.83. The number of anilines is 2. The molecular formula is C17H23Cl3N6O. The molecule has 2 heterocycles. The third kappa shape index (κ3) is 5.48. The number of piperidine rings is 1. The Kier molecular flexibility index (Phi) is 7.73. The Morgan fingerprint density at radius 2 is 1.89 bits per heavy atom. The number of rotatable bonds is 5. The highest BCUT2D eigenvalue weighted by Crippen LogP contribution is 2.31. The van der Waals surface area contributed by atoms with Crippen molar-refractivity contribution in [1.29, 1.82) is 0 Å². The van der Waals surface area contributed by atoms with E-state index in [0.717, 1.165) is 44.5 Å². The van der Waals surface area contributed by atoms with Crippen LogP contribution in [0.1, 0.15) is 42.2 Å². The Bertz CT molecular complexity index is 774. The topological polar surface area (TPSA) is 83.9 Å². The molecule has 27 heavy (non-hydrogen) atoms. The highest BCUT2D eigenvalue weighted by Gasteiger charge is 2.23. The number of hydrogen-bond acceptors (Lipinski definition) is 5. The molecular weight excluding hydrogens is 411 g/mol. The van der Waals surface area contributed by atoms with Crippen molar-refractivity contribution in [2.45, 2.75) is 37.8 Å². The fourth-order valence-electron chi connectivity index (χ4n) is 3.01. The monoisotopic (exact) mass is 432 g/mol. The van der Waals surface area contributed by atoms with E-state index >= 15 is 0 Å². The van der Waals surface area contributed by atoms with Gasteiger partial charge in [-0.05, 0) is 57.0 Å². The molecule has 0 unspecified atom stereocenters. The Morgan fingerprint density at radius 3 is 2.59 bits per heavy atom. The maximum atomic E-state index is 12.6. The van der Waals surface area contributed by atoms with Crippen LogP contribution in [0.25, 0.3) is 0 Å². The number of nitrogens with zero attached hydrogens (tertiary/aromatic N) is 3. The van der Waals surface area contributed by atoms with Crippen LogP contribution in [-0.4, -0.2) is 40.0 Å². The van der Waals surface area contributed by atoms with Gasteiger partial charge in [-0.25, -0.2) is 4.68 Å². The smallest absolute Gasteiger partial charge is 0.277 e. The molecule has 1 amide bonds. The van der Waals surface area contributed by atoms with E-state index < -0.39 is 0 Å². The SMILES string of the molecule is Cl.Cl.O=C(Nc1cc(Cl)ccc1NC1CC1)c1cn(C2CCNCC2)nn1. The molecule has 148 valence electrons. The van der Waals surface area contributed by atoms with Crippen molar-refractivity contribution in [1.82, 2.24) is 20.3 Å². The highest BCUT2D eigenvalue weighted by molar-refractivity contribution is 6.31. The minimum absolute atomic E-state index is 0. The van der Waals surface area contributed by atoms with Crippen LogP contribution in [0, 0.1) is 0 Å². The molecule has 7 nitrogen and oxygen atoms in total. The van der Waals surface area contributed by atoms with Crippen LogP contribution in [0.4, 0.5) is 11.4 Å². The molecule has 0 bridgehead atoms. The summed E-state index contributed by atoms with van der Waals surface area (Å²) in [6.07, 6.45) is 6.02. The standard InChI is InChI=1S/C17H21ClN6O.2ClH/c18-11-1-4-14(20-12-2-3-12)15(9-11)21-17(25)16-10-24(23-22-16)13-5-7-19-8-6-13;;/h1,4,9-10,12-13,19-20H,2-3,5-8H2,(H,21,25);2*1H. The maximum Gasteiger partial charge on any atom is 0.277 e. The normalized spacial score (nSPS) is 16.8. The second-order valence-electron chi connectivity index (χ2n) is 6.63. The summed E-state index contributed by atoms with van der Waals surface area (Å²) in [5.41, 5.74) is 1.86. The van der Waals surface area contributed by atoms with Gasteiger partial charge in [0.25, 0.3) is 5.91 Å². The van der Waals surface area contributed by atoms with Gasteiger partial charge in [-0.2, -0.15) is 0 Å². The van der Waals surface area contributed by atoms with Gasteiger partial charge in [-0.1, -0.05) is 16.8 Å². The number of hydrogen-bond donors (Lipinski definition) is 3. The van der Waals surface area contributed by atoms with Gasteiger partial charge >= 0.3 is 0 Å². The van der Waals surface area contributed by atoms with Gasteiger partial charge < -0.3 is 16.0 Å². The van der Waals surface area contributed by atoms with E-state index in [1.165, 1.54) is 0 Å². The lowest BCUT2D eigenvalue weighted by atomic mass is 10.1. The van der Waals surface area contributed by atoms with Crippen LogP contribution in [-0.2, 0) is 0 Å². The summed E-state index contributed by atoms with van der Waals surface area (Å²) in [6.45, 7) is 1.93. The first-order chi connectivity index (χ1) is 12.2. The average Bonchev–Trinajstić information content (AvgIpc) is 3.30. The highest BCUT2D eigenvalue weighted by atomic mass is 35.5. The molecule has 1 aromatic heterocycles. The minimum Gasteiger partial charge on any atom is -0.381 e. The molecule has 4 rings (SSSR count). The number of nitrogens with one attached hydrogen (secondary N) is 3. The zero-order valence-corrected chi connectivity index (χ0v) is 17.0. The number of amides is 1. The molecule has 10 heteroatoms. The molecule has 2 aromatic rings. The van der Waals surface area contributed by atoms with E-state index in [1.54, 1.807) is 16.9 Å². The van der Waals surface area contributed by atoms with E-state index in [1.807, 2.05) is 12.1 Å². The third-order valence-electron chi connectivity index (χ3n) is 4.59. The minimum atomic E-state index is -0.277. The lowest BCUT2D eigenvalue weighted by Gasteiger charge is -2.22. The summed E-state index contributed by atoms with van der Waals surface area (Å²) in [5.74, 6) is -0.277. The van der Waals surface area contributed by atoms with Gasteiger partial charge in [0.1, 0.15) is 0 Å². The second-order valence-corrected chi connectivity index (χ2v) is 7.06. The summed E-state index contributed by atoms with van der Waals surface area (Å²) < 4.78 is 1.80. The number of carbonyl (C=O) groups excluding carboxylic acids is 1. The molecule has 3 N–H and O–H groups in total. The molecule has 1 aliphatic heterocycles. The number of benzene rings is 1.